The fraction of sp³-hybridized carbons (Fsp3) is 0.308. The normalized spacial score (nSPS) is 10.8. The molecule has 0 aliphatic carbocycles. The van der Waals surface area contributed by atoms with Crippen molar-refractivity contribution in [3.63, 3.8) is 0 Å². The molecule has 1 aromatic carbocycles. The summed E-state index contributed by atoms with van der Waals surface area (Å²) >= 11 is 12.1. The number of aromatic nitrogens is 2. The van der Waals surface area contributed by atoms with Gasteiger partial charge in [0.1, 0.15) is 0 Å². The zero-order valence-corrected chi connectivity index (χ0v) is 11.7. The van der Waals surface area contributed by atoms with Crippen LogP contribution < -0.4 is 5.32 Å². The van der Waals surface area contributed by atoms with Gasteiger partial charge in [0, 0.05) is 19.2 Å². The van der Waals surface area contributed by atoms with Crippen LogP contribution >= 0.6 is 23.2 Å². The van der Waals surface area contributed by atoms with Crippen molar-refractivity contribution in [1.82, 2.24) is 14.9 Å². The summed E-state index contributed by atoms with van der Waals surface area (Å²) in [5, 5.41) is 4.31. The number of hydrogen-bond donors (Lipinski definition) is 1. The molecule has 5 heteroatoms. The van der Waals surface area contributed by atoms with Crippen LogP contribution in [0.5, 0.6) is 0 Å². The summed E-state index contributed by atoms with van der Waals surface area (Å²) in [4.78, 5) is 4.35. The van der Waals surface area contributed by atoms with Crippen LogP contribution in [0.4, 0.5) is 0 Å². The SMILES string of the molecule is CNCCc1cn(Cc2cccc(Cl)c2Cl)cn1. The Bertz CT molecular complexity index is 523. The van der Waals surface area contributed by atoms with Gasteiger partial charge in [0.05, 0.1) is 28.6 Å². The van der Waals surface area contributed by atoms with Crippen molar-refractivity contribution in [2.75, 3.05) is 13.6 Å². The van der Waals surface area contributed by atoms with Crippen molar-refractivity contribution in [2.45, 2.75) is 13.0 Å². The van der Waals surface area contributed by atoms with Crippen LogP contribution in [0, 0.1) is 0 Å². The van der Waals surface area contributed by atoms with Crippen LogP contribution in [0.3, 0.4) is 0 Å². The molecule has 0 unspecified atom stereocenters. The molecule has 1 N–H and O–H groups in total. The molecule has 0 saturated carbocycles. The van der Waals surface area contributed by atoms with Crippen LogP contribution in [0.25, 0.3) is 0 Å². The van der Waals surface area contributed by atoms with Crippen molar-refractivity contribution in [1.29, 1.82) is 0 Å². The Balaban J connectivity index is 2.09. The Morgan fingerprint density at radius 1 is 1.33 bits per heavy atom. The molecular formula is C13H15Cl2N3. The number of imidazole rings is 1. The second-order valence-electron chi connectivity index (χ2n) is 4.10. The first-order chi connectivity index (χ1) is 8.70. The van der Waals surface area contributed by atoms with Crippen LogP contribution in [0.2, 0.25) is 10.0 Å². The predicted molar refractivity (Wildman–Crippen MR) is 75.4 cm³/mol. The first-order valence-corrected chi connectivity index (χ1v) is 6.54. The van der Waals surface area contributed by atoms with Gasteiger partial charge < -0.3 is 9.88 Å². The van der Waals surface area contributed by atoms with E-state index in [1.165, 1.54) is 0 Å². The van der Waals surface area contributed by atoms with Gasteiger partial charge in [-0.1, -0.05) is 35.3 Å². The molecule has 0 saturated heterocycles. The number of halogens is 2. The number of rotatable bonds is 5. The van der Waals surface area contributed by atoms with Crippen molar-refractivity contribution >= 4 is 23.2 Å². The molecule has 0 atom stereocenters. The van der Waals surface area contributed by atoms with E-state index >= 15 is 0 Å². The zero-order valence-electron chi connectivity index (χ0n) is 10.2. The molecule has 0 fully saturated rings. The molecule has 0 radical (unpaired) electrons. The monoisotopic (exact) mass is 283 g/mol. The summed E-state index contributed by atoms with van der Waals surface area (Å²) < 4.78 is 2.02. The van der Waals surface area contributed by atoms with E-state index in [1.54, 1.807) is 6.07 Å². The van der Waals surface area contributed by atoms with Crippen molar-refractivity contribution in [3.05, 3.63) is 52.0 Å². The highest BCUT2D eigenvalue weighted by atomic mass is 35.5. The minimum Gasteiger partial charge on any atom is -0.333 e. The second kappa shape index (κ2) is 6.23. The lowest BCUT2D eigenvalue weighted by Crippen LogP contribution is -2.10. The molecule has 18 heavy (non-hydrogen) atoms. The number of likely N-dealkylation sites (N-methyl/N-ethyl adjacent to an activating group) is 1. The molecule has 0 bridgehead atoms. The minimum atomic E-state index is 0.588. The molecule has 3 nitrogen and oxygen atoms in total. The summed E-state index contributed by atoms with van der Waals surface area (Å²) in [5.41, 5.74) is 2.07. The summed E-state index contributed by atoms with van der Waals surface area (Å²) in [6, 6.07) is 5.67. The van der Waals surface area contributed by atoms with Crippen molar-refractivity contribution in [3.8, 4) is 0 Å². The van der Waals surface area contributed by atoms with Crippen LogP contribution in [0.15, 0.2) is 30.7 Å². The molecule has 2 aromatic rings. The lowest BCUT2D eigenvalue weighted by molar-refractivity contribution is 0.774. The third kappa shape index (κ3) is 3.25. The van der Waals surface area contributed by atoms with E-state index in [-0.39, 0.29) is 0 Å². The Kier molecular flexibility index (Phi) is 4.64. The summed E-state index contributed by atoms with van der Waals surface area (Å²) in [6.45, 7) is 1.61. The van der Waals surface area contributed by atoms with E-state index < -0.39 is 0 Å². The molecule has 1 heterocycles. The first-order valence-electron chi connectivity index (χ1n) is 5.79. The maximum atomic E-state index is 6.16. The first kappa shape index (κ1) is 13.4. The third-order valence-electron chi connectivity index (χ3n) is 2.70. The molecular weight excluding hydrogens is 269 g/mol. The van der Waals surface area contributed by atoms with E-state index in [0.29, 0.717) is 16.6 Å². The fourth-order valence-electron chi connectivity index (χ4n) is 1.74. The van der Waals surface area contributed by atoms with E-state index in [2.05, 4.69) is 10.3 Å². The topological polar surface area (TPSA) is 29.9 Å². The van der Waals surface area contributed by atoms with E-state index in [9.17, 15) is 0 Å². The Morgan fingerprint density at radius 3 is 2.94 bits per heavy atom. The fourth-order valence-corrected chi connectivity index (χ4v) is 2.12. The summed E-state index contributed by atoms with van der Waals surface area (Å²) in [6.07, 6.45) is 4.78. The second-order valence-corrected chi connectivity index (χ2v) is 4.89. The third-order valence-corrected chi connectivity index (χ3v) is 3.56. The van der Waals surface area contributed by atoms with Crippen LogP contribution in [0.1, 0.15) is 11.3 Å². The number of benzene rings is 1. The van der Waals surface area contributed by atoms with Crippen LogP contribution in [-0.4, -0.2) is 23.1 Å². The number of hydrogen-bond acceptors (Lipinski definition) is 2. The van der Waals surface area contributed by atoms with Gasteiger partial charge in [0.25, 0.3) is 0 Å². The highest BCUT2D eigenvalue weighted by molar-refractivity contribution is 6.42. The predicted octanol–water partition coefficient (Wildman–Crippen LogP) is 3.00. The molecule has 96 valence electrons. The van der Waals surface area contributed by atoms with Gasteiger partial charge >= 0.3 is 0 Å². The van der Waals surface area contributed by atoms with Gasteiger partial charge in [-0.25, -0.2) is 4.98 Å². The van der Waals surface area contributed by atoms with Crippen molar-refractivity contribution < 1.29 is 0 Å². The molecule has 1 aromatic heterocycles. The Hall–Kier alpha value is -1.03. The molecule has 0 spiro atoms. The average molecular weight is 284 g/mol. The average Bonchev–Trinajstić information content (AvgIpc) is 2.80. The van der Waals surface area contributed by atoms with Crippen LogP contribution in [-0.2, 0) is 13.0 Å². The summed E-state index contributed by atoms with van der Waals surface area (Å²) in [7, 11) is 1.93. The lowest BCUT2D eigenvalue weighted by Gasteiger charge is -2.06. The van der Waals surface area contributed by atoms with Gasteiger partial charge in [-0.05, 0) is 18.7 Å². The molecule has 0 aliphatic rings. The van der Waals surface area contributed by atoms with E-state index in [1.807, 2.05) is 36.3 Å². The van der Waals surface area contributed by atoms with Gasteiger partial charge in [0.2, 0.25) is 0 Å². The Labute approximate surface area is 117 Å². The standard InChI is InChI=1S/C13H15Cl2N3/c1-16-6-5-11-8-18(9-17-11)7-10-3-2-4-12(14)13(10)15/h2-4,8-9,16H,5-7H2,1H3. The number of nitrogens with zero attached hydrogens (tertiary/aromatic N) is 2. The zero-order chi connectivity index (χ0) is 13.0. The maximum Gasteiger partial charge on any atom is 0.0952 e. The highest BCUT2D eigenvalue weighted by Crippen LogP contribution is 2.26. The maximum absolute atomic E-state index is 6.16. The van der Waals surface area contributed by atoms with E-state index in [4.69, 9.17) is 23.2 Å². The largest absolute Gasteiger partial charge is 0.333 e. The summed E-state index contributed by atoms with van der Waals surface area (Å²) in [5.74, 6) is 0. The highest BCUT2D eigenvalue weighted by Gasteiger charge is 2.05. The smallest absolute Gasteiger partial charge is 0.0952 e. The molecule has 0 amide bonds. The lowest BCUT2D eigenvalue weighted by atomic mass is 10.2. The van der Waals surface area contributed by atoms with Gasteiger partial charge in [-0.3, -0.25) is 0 Å². The molecule has 0 aliphatic heterocycles. The quantitative estimate of drug-likeness (QED) is 0.914. The number of nitrogens with one attached hydrogen (secondary N) is 1. The Morgan fingerprint density at radius 2 is 2.17 bits per heavy atom. The minimum absolute atomic E-state index is 0.588. The van der Waals surface area contributed by atoms with Gasteiger partial charge in [0.15, 0.2) is 0 Å². The van der Waals surface area contributed by atoms with Crippen molar-refractivity contribution in [2.24, 2.45) is 0 Å². The van der Waals surface area contributed by atoms with Gasteiger partial charge in [-0.15, -0.1) is 0 Å². The van der Waals surface area contributed by atoms with E-state index in [0.717, 1.165) is 24.2 Å². The van der Waals surface area contributed by atoms with Gasteiger partial charge in [-0.2, -0.15) is 0 Å². The molecule has 2 rings (SSSR count).